The van der Waals surface area contributed by atoms with Crippen molar-refractivity contribution >= 4 is 22.8 Å². The van der Waals surface area contributed by atoms with E-state index < -0.39 is 23.6 Å². The molecule has 0 saturated heterocycles. The van der Waals surface area contributed by atoms with Gasteiger partial charge in [-0.15, -0.1) is 0 Å². The molecule has 1 aromatic carbocycles. The molecule has 2 atom stereocenters. The molecule has 2 aliphatic heterocycles. The summed E-state index contributed by atoms with van der Waals surface area (Å²) in [5.41, 5.74) is 7.32. The fourth-order valence-electron chi connectivity index (χ4n) is 4.35. The van der Waals surface area contributed by atoms with Gasteiger partial charge in [-0.05, 0) is 31.5 Å². The van der Waals surface area contributed by atoms with Gasteiger partial charge in [0.05, 0.1) is 29.0 Å². The zero-order chi connectivity index (χ0) is 21.9. The van der Waals surface area contributed by atoms with Gasteiger partial charge in [0.25, 0.3) is 5.56 Å². The third-order valence-electron chi connectivity index (χ3n) is 6.03. The first-order chi connectivity index (χ1) is 14.9. The molecule has 8 heteroatoms. The highest BCUT2D eigenvalue weighted by Crippen LogP contribution is 2.41. The highest BCUT2D eigenvalue weighted by atomic mass is 16.6. The first-order valence-electron chi connectivity index (χ1n) is 10.2. The van der Waals surface area contributed by atoms with Gasteiger partial charge in [-0.25, -0.2) is 9.78 Å². The van der Waals surface area contributed by atoms with E-state index in [1.54, 1.807) is 17.6 Å². The third-order valence-corrected chi connectivity index (χ3v) is 6.03. The summed E-state index contributed by atoms with van der Waals surface area (Å²) in [5, 5.41) is 0.985. The van der Waals surface area contributed by atoms with Gasteiger partial charge in [-0.2, -0.15) is 0 Å². The molecule has 0 bridgehead atoms. The van der Waals surface area contributed by atoms with E-state index in [0.29, 0.717) is 29.1 Å². The van der Waals surface area contributed by atoms with Crippen molar-refractivity contribution in [2.24, 2.45) is 5.73 Å². The van der Waals surface area contributed by atoms with Gasteiger partial charge in [0, 0.05) is 16.5 Å². The van der Waals surface area contributed by atoms with Crippen LogP contribution in [0, 0.1) is 0 Å². The molecular formula is C23H21N3O5. The van der Waals surface area contributed by atoms with Crippen LogP contribution in [0.2, 0.25) is 0 Å². The summed E-state index contributed by atoms with van der Waals surface area (Å²) in [6.45, 7) is 3.39. The van der Waals surface area contributed by atoms with Crippen LogP contribution in [-0.2, 0) is 37.8 Å². The van der Waals surface area contributed by atoms with Gasteiger partial charge in [0.15, 0.2) is 0 Å². The minimum atomic E-state index is -1.72. The molecular weight excluding hydrogens is 398 g/mol. The van der Waals surface area contributed by atoms with E-state index in [1.807, 2.05) is 30.3 Å². The number of cyclic esters (lactones) is 1. The molecule has 3 aromatic rings. The van der Waals surface area contributed by atoms with Gasteiger partial charge in [0.2, 0.25) is 5.60 Å². The number of carbonyl (C=O) groups is 2. The van der Waals surface area contributed by atoms with Crippen molar-refractivity contribution in [1.29, 1.82) is 0 Å². The second-order valence-corrected chi connectivity index (χ2v) is 7.97. The molecule has 31 heavy (non-hydrogen) atoms. The first-order valence-corrected chi connectivity index (χ1v) is 10.2. The minimum Gasteiger partial charge on any atom is -0.457 e. The van der Waals surface area contributed by atoms with E-state index in [0.717, 1.165) is 16.5 Å². The smallest absolute Gasteiger partial charge is 0.355 e. The largest absolute Gasteiger partial charge is 0.457 e. The zero-order valence-corrected chi connectivity index (χ0v) is 17.2. The fourth-order valence-corrected chi connectivity index (χ4v) is 4.35. The Morgan fingerprint density at radius 2 is 2.10 bits per heavy atom. The molecule has 0 amide bonds. The van der Waals surface area contributed by atoms with Crippen LogP contribution in [0.15, 0.2) is 41.2 Å². The number of nitrogens with two attached hydrogens (primary N) is 1. The lowest BCUT2D eigenvalue weighted by Gasteiger charge is -2.36. The van der Waals surface area contributed by atoms with Gasteiger partial charge in [-0.3, -0.25) is 9.59 Å². The lowest BCUT2D eigenvalue weighted by atomic mass is 9.85. The lowest BCUT2D eigenvalue weighted by molar-refractivity contribution is -0.190. The zero-order valence-electron chi connectivity index (χ0n) is 17.2. The number of hydrogen-bond acceptors (Lipinski definition) is 7. The Balaban J connectivity index is 1.75. The van der Waals surface area contributed by atoms with Crippen molar-refractivity contribution in [1.82, 2.24) is 9.55 Å². The van der Waals surface area contributed by atoms with Gasteiger partial charge in [-0.1, -0.05) is 25.1 Å². The summed E-state index contributed by atoms with van der Waals surface area (Å²) in [7, 11) is 0. The molecule has 0 fully saturated rings. The van der Waals surface area contributed by atoms with Crippen LogP contribution in [0.5, 0.6) is 0 Å². The highest BCUT2D eigenvalue weighted by Gasteiger charge is 2.50. The third kappa shape index (κ3) is 2.71. The van der Waals surface area contributed by atoms with E-state index in [4.69, 9.17) is 20.2 Å². The van der Waals surface area contributed by atoms with Crippen LogP contribution >= 0.6 is 0 Å². The maximum Gasteiger partial charge on any atom is 0.355 e. The van der Waals surface area contributed by atoms with E-state index in [-0.39, 0.29) is 18.6 Å². The number of hydrogen-bond donors (Lipinski definition) is 1. The maximum absolute atomic E-state index is 13.4. The molecule has 8 nitrogen and oxygen atoms in total. The van der Waals surface area contributed by atoms with Crippen molar-refractivity contribution < 1.29 is 19.1 Å². The van der Waals surface area contributed by atoms with Crippen LogP contribution in [0.25, 0.3) is 22.3 Å². The standard InChI is InChI=1S/C23H21N3O5/c1-3-23(31-21(28)12(2)24)16-9-18-19-14(8-13-6-4-5-7-17(13)25-19)10-26(18)20(27)15(16)11-30-22(23)29/h4-9,12H,3,10-11,24H2,1-2H3/t12-,23-/m0/s1. The minimum absolute atomic E-state index is 0.109. The molecule has 0 saturated carbocycles. The van der Waals surface area contributed by atoms with E-state index >= 15 is 0 Å². The van der Waals surface area contributed by atoms with Crippen LogP contribution in [-0.4, -0.2) is 27.5 Å². The average Bonchev–Trinajstić information content (AvgIpc) is 3.12. The van der Waals surface area contributed by atoms with E-state index in [9.17, 15) is 14.4 Å². The van der Waals surface area contributed by atoms with Crippen molar-refractivity contribution in [2.75, 3.05) is 0 Å². The fraction of sp³-hybridized carbons (Fsp3) is 0.304. The predicted molar refractivity (Wildman–Crippen MR) is 112 cm³/mol. The summed E-state index contributed by atoms with van der Waals surface area (Å²) in [6.07, 6.45) is 0.109. The molecule has 2 N–H and O–H groups in total. The maximum atomic E-state index is 13.4. The number of aromatic nitrogens is 2. The number of benzene rings is 1. The second kappa shape index (κ2) is 6.75. The topological polar surface area (TPSA) is 114 Å². The average molecular weight is 419 g/mol. The summed E-state index contributed by atoms with van der Waals surface area (Å²) >= 11 is 0. The summed E-state index contributed by atoms with van der Waals surface area (Å²) in [5.74, 6) is -1.44. The van der Waals surface area contributed by atoms with Crippen LogP contribution < -0.4 is 11.3 Å². The lowest BCUT2D eigenvalue weighted by Crippen LogP contribution is -2.49. The summed E-state index contributed by atoms with van der Waals surface area (Å²) < 4.78 is 12.5. The number of rotatable bonds is 3. The molecule has 0 radical (unpaired) electrons. The Hall–Kier alpha value is -3.52. The molecule has 4 heterocycles. The van der Waals surface area contributed by atoms with Crippen LogP contribution in [0.3, 0.4) is 0 Å². The van der Waals surface area contributed by atoms with Crippen molar-refractivity contribution in [3.8, 4) is 11.4 Å². The molecule has 0 aliphatic carbocycles. The monoisotopic (exact) mass is 419 g/mol. The van der Waals surface area contributed by atoms with E-state index in [1.165, 1.54) is 6.92 Å². The Kier molecular flexibility index (Phi) is 4.23. The Morgan fingerprint density at radius 3 is 2.84 bits per heavy atom. The summed E-state index contributed by atoms with van der Waals surface area (Å²) in [6, 6.07) is 10.6. The molecule has 158 valence electrons. The van der Waals surface area contributed by atoms with Crippen LogP contribution in [0.4, 0.5) is 0 Å². The molecule has 2 aromatic heterocycles. The second-order valence-electron chi connectivity index (χ2n) is 7.97. The number of esters is 2. The SMILES string of the molecule is CC[C@@]1(OC(=O)[C@H](C)N)C(=O)OCc2c1cc1n(c2=O)Cc2cc3ccccc3nc2-1. The number of carbonyl (C=O) groups excluding carboxylic acids is 2. The van der Waals surface area contributed by atoms with Crippen molar-refractivity contribution in [3.63, 3.8) is 0 Å². The number of ether oxygens (including phenoxy) is 2. The van der Waals surface area contributed by atoms with Gasteiger partial charge >= 0.3 is 11.9 Å². The highest BCUT2D eigenvalue weighted by molar-refractivity contribution is 5.89. The van der Waals surface area contributed by atoms with Crippen molar-refractivity contribution in [2.45, 2.75) is 45.1 Å². The Labute approximate surface area is 177 Å². The number of nitrogens with zero attached hydrogens (tertiary/aromatic N) is 2. The molecule has 0 unspecified atom stereocenters. The predicted octanol–water partition coefficient (Wildman–Crippen LogP) is 1.98. The van der Waals surface area contributed by atoms with E-state index in [2.05, 4.69) is 0 Å². The Bertz CT molecular complexity index is 1330. The van der Waals surface area contributed by atoms with Gasteiger partial charge < -0.3 is 19.8 Å². The van der Waals surface area contributed by atoms with Crippen molar-refractivity contribution in [3.05, 3.63) is 63.4 Å². The Morgan fingerprint density at radius 1 is 1.32 bits per heavy atom. The first kappa shape index (κ1) is 19.4. The molecule has 0 spiro atoms. The normalized spacial score (nSPS) is 19.9. The quantitative estimate of drug-likeness (QED) is 0.505. The van der Waals surface area contributed by atoms with Gasteiger partial charge in [0.1, 0.15) is 12.6 Å². The molecule has 2 aliphatic rings. The van der Waals surface area contributed by atoms with Crippen LogP contribution in [0.1, 0.15) is 37.0 Å². The summed E-state index contributed by atoms with van der Waals surface area (Å²) in [4.78, 5) is 43.3. The number of pyridine rings is 2. The molecule has 5 rings (SSSR count). The number of fused-ring (bicyclic) bond motifs is 5. The number of para-hydroxylation sites is 1.